The van der Waals surface area contributed by atoms with E-state index in [4.69, 9.17) is 0 Å². The standard InChI is InChI=1S/C26H25N3O3S/c1-17-5-2-3-8-25(17)33(31,32)29-12-11-21-24(16-30)28-23-10-9-20(14-22(23)26(21)29)19-7-4-6-18(13-19)15-27/h2-10,13-14,21,24,26,28,30H,11-12,16H2,1H3/t21-,24+,26-/m1/s1. The van der Waals surface area contributed by atoms with Crippen molar-refractivity contribution in [3.05, 3.63) is 83.4 Å². The summed E-state index contributed by atoms with van der Waals surface area (Å²) in [4.78, 5) is 0.323. The molecule has 0 radical (unpaired) electrons. The van der Waals surface area contributed by atoms with Crippen LogP contribution in [0.4, 0.5) is 5.69 Å². The number of anilines is 1. The molecule has 0 saturated carbocycles. The van der Waals surface area contributed by atoms with Crippen molar-refractivity contribution in [2.24, 2.45) is 5.92 Å². The van der Waals surface area contributed by atoms with Crippen molar-refractivity contribution < 1.29 is 13.5 Å². The predicted molar refractivity (Wildman–Crippen MR) is 127 cm³/mol. The second-order valence-electron chi connectivity index (χ2n) is 8.71. The van der Waals surface area contributed by atoms with Gasteiger partial charge >= 0.3 is 0 Å². The van der Waals surface area contributed by atoms with Crippen molar-refractivity contribution in [2.75, 3.05) is 18.5 Å². The summed E-state index contributed by atoms with van der Waals surface area (Å²) in [5.74, 6) is -0.0398. The van der Waals surface area contributed by atoms with Gasteiger partial charge in [0.2, 0.25) is 10.0 Å². The fraction of sp³-hybridized carbons (Fsp3) is 0.269. The van der Waals surface area contributed by atoms with Gasteiger partial charge in [-0.2, -0.15) is 9.57 Å². The van der Waals surface area contributed by atoms with Gasteiger partial charge in [-0.15, -0.1) is 0 Å². The fourth-order valence-corrected chi connectivity index (χ4v) is 7.10. The summed E-state index contributed by atoms with van der Waals surface area (Å²) in [6.07, 6.45) is 0.668. The third kappa shape index (κ3) is 3.61. The highest BCUT2D eigenvalue weighted by molar-refractivity contribution is 7.89. The molecule has 0 aromatic heterocycles. The number of benzene rings is 3. The molecule has 6 nitrogen and oxygen atoms in total. The van der Waals surface area contributed by atoms with Crippen LogP contribution in [-0.4, -0.2) is 37.0 Å². The van der Waals surface area contributed by atoms with Crippen LogP contribution < -0.4 is 5.32 Å². The topological polar surface area (TPSA) is 93.4 Å². The van der Waals surface area contributed by atoms with Crippen molar-refractivity contribution >= 4 is 15.7 Å². The molecule has 0 unspecified atom stereocenters. The number of fused-ring (bicyclic) bond motifs is 3. The Morgan fingerprint density at radius 2 is 1.88 bits per heavy atom. The molecular formula is C26H25N3O3S. The van der Waals surface area contributed by atoms with Crippen LogP contribution >= 0.6 is 0 Å². The van der Waals surface area contributed by atoms with E-state index < -0.39 is 10.0 Å². The van der Waals surface area contributed by atoms with Gasteiger partial charge in [-0.1, -0.05) is 36.4 Å². The number of hydrogen-bond donors (Lipinski definition) is 2. The van der Waals surface area contributed by atoms with Crippen molar-refractivity contribution in [3.63, 3.8) is 0 Å². The summed E-state index contributed by atoms with van der Waals surface area (Å²) in [5, 5.41) is 22.7. The van der Waals surface area contributed by atoms with Gasteiger partial charge in [0.05, 0.1) is 35.2 Å². The lowest BCUT2D eigenvalue weighted by molar-refractivity contribution is 0.210. The van der Waals surface area contributed by atoms with Gasteiger partial charge in [0.1, 0.15) is 0 Å². The number of hydrogen-bond acceptors (Lipinski definition) is 5. The Morgan fingerprint density at radius 3 is 2.64 bits per heavy atom. The Balaban J connectivity index is 1.63. The van der Waals surface area contributed by atoms with Crippen molar-refractivity contribution in [1.82, 2.24) is 4.31 Å². The molecule has 2 N–H and O–H groups in total. The first-order valence-corrected chi connectivity index (χ1v) is 12.5. The normalized spacial score (nSPS) is 22.2. The van der Waals surface area contributed by atoms with Crippen LogP contribution in [0.1, 0.15) is 29.2 Å². The highest BCUT2D eigenvalue weighted by atomic mass is 32.2. The van der Waals surface area contributed by atoms with E-state index in [-0.39, 0.29) is 24.6 Å². The average Bonchev–Trinajstić information content (AvgIpc) is 3.30. The second kappa shape index (κ2) is 8.31. The van der Waals surface area contributed by atoms with Gasteiger partial charge in [-0.3, -0.25) is 0 Å². The molecule has 33 heavy (non-hydrogen) atoms. The van der Waals surface area contributed by atoms with Crippen LogP contribution in [-0.2, 0) is 10.0 Å². The van der Waals surface area contributed by atoms with E-state index in [1.807, 2.05) is 55.5 Å². The average molecular weight is 460 g/mol. The highest BCUT2D eigenvalue weighted by Gasteiger charge is 2.48. The summed E-state index contributed by atoms with van der Waals surface area (Å²) in [6, 6.07) is 22.0. The molecule has 7 heteroatoms. The third-order valence-corrected chi connectivity index (χ3v) is 8.87. The highest BCUT2D eigenvalue weighted by Crippen LogP contribution is 2.49. The molecule has 2 aliphatic heterocycles. The minimum absolute atomic E-state index is 0.0398. The molecule has 3 aromatic carbocycles. The largest absolute Gasteiger partial charge is 0.394 e. The van der Waals surface area contributed by atoms with E-state index in [1.54, 1.807) is 22.5 Å². The van der Waals surface area contributed by atoms with Gasteiger partial charge < -0.3 is 10.4 Å². The summed E-state index contributed by atoms with van der Waals surface area (Å²) in [6.45, 7) is 2.15. The molecular weight excluding hydrogens is 434 g/mol. The van der Waals surface area contributed by atoms with E-state index in [0.29, 0.717) is 23.4 Å². The lowest BCUT2D eigenvalue weighted by atomic mass is 9.82. The minimum Gasteiger partial charge on any atom is -0.394 e. The Morgan fingerprint density at radius 1 is 1.09 bits per heavy atom. The molecule has 0 amide bonds. The number of nitrogens with one attached hydrogen (secondary N) is 1. The van der Waals surface area contributed by atoms with Gasteiger partial charge in [0, 0.05) is 18.2 Å². The number of aryl methyl sites for hydroxylation is 1. The zero-order valence-corrected chi connectivity index (χ0v) is 19.1. The first-order valence-electron chi connectivity index (χ1n) is 11.0. The zero-order valence-electron chi connectivity index (χ0n) is 18.3. The molecule has 5 rings (SSSR count). The van der Waals surface area contributed by atoms with Crippen molar-refractivity contribution in [1.29, 1.82) is 5.26 Å². The maximum atomic E-state index is 13.8. The summed E-state index contributed by atoms with van der Waals surface area (Å²) >= 11 is 0. The molecule has 1 saturated heterocycles. The number of rotatable bonds is 4. The van der Waals surface area contributed by atoms with Gasteiger partial charge in [0.25, 0.3) is 0 Å². The predicted octanol–water partition coefficient (Wildman–Crippen LogP) is 4.07. The molecule has 2 heterocycles. The Kier molecular flexibility index (Phi) is 5.45. The first-order chi connectivity index (χ1) is 15.9. The molecule has 1 fully saturated rings. The van der Waals surface area contributed by atoms with E-state index in [1.165, 1.54) is 0 Å². The van der Waals surface area contributed by atoms with Crippen LogP contribution in [0.25, 0.3) is 11.1 Å². The monoisotopic (exact) mass is 459 g/mol. The summed E-state index contributed by atoms with van der Waals surface area (Å²) < 4.78 is 29.1. The Labute approximate surface area is 194 Å². The maximum absolute atomic E-state index is 13.8. The number of aliphatic hydroxyl groups excluding tert-OH is 1. The molecule has 0 spiro atoms. The molecule has 0 aliphatic carbocycles. The number of nitriles is 1. The summed E-state index contributed by atoms with van der Waals surface area (Å²) in [7, 11) is -3.72. The second-order valence-corrected chi connectivity index (χ2v) is 10.6. The lowest BCUT2D eigenvalue weighted by Crippen LogP contribution is -2.42. The van der Waals surface area contributed by atoms with Crippen LogP contribution in [0.3, 0.4) is 0 Å². The zero-order chi connectivity index (χ0) is 23.2. The SMILES string of the molecule is Cc1ccccc1S(=O)(=O)N1CC[C@@H]2[C@H](CO)Nc3ccc(-c4cccc(C#N)c4)cc3[C@@H]21. The van der Waals surface area contributed by atoms with E-state index in [0.717, 1.165) is 27.9 Å². The Bertz CT molecular complexity index is 1360. The van der Waals surface area contributed by atoms with Crippen LogP contribution in [0.15, 0.2) is 71.6 Å². The van der Waals surface area contributed by atoms with Crippen LogP contribution in [0.2, 0.25) is 0 Å². The lowest BCUT2D eigenvalue weighted by Gasteiger charge is -2.39. The molecule has 0 bridgehead atoms. The smallest absolute Gasteiger partial charge is 0.243 e. The molecule has 3 aromatic rings. The quantitative estimate of drug-likeness (QED) is 0.613. The number of nitrogens with zero attached hydrogens (tertiary/aromatic N) is 2. The van der Waals surface area contributed by atoms with Gasteiger partial charge in [0.15, 0.2) is 0 Å². The van der Waals surface area contributed by atoms with Crippen LogP contribution in [0, 0.1) is 24.2 Å². The Hall–Kier alpha value is -3.18. The van der Waals surface area contributed by atoms with Gasteiger partial charge in [-0.05, 0) is 65.9 Å². The molecule has 2 aliphatic rings. The summed E-state index contributed by atoms with van der Waals surface area (Å²) in [5.41, 5.74) is 4.86. The first kappa shape index (κ1) is 21.7. The van der Waals surface area contributed by atoms with Gasteiger partial charge in [-0.25, -0.2) is 8.42 Å². The molecule has 168 valence electrons. The molecule has 3 atom stereocenters. The number of aliphatic hydroxyl groups is 1. The fourth-order valence-electron chi connectivity index (χ4n) is 5.21. The van der Waals surface area contributed by atoms with E-state index in [2.05, 4.69) is 11.4 Å². The van der Waals surface area contributed by atoms with Crippen molar-refractivity contribution in [3.8, 4) is 17.2 Å². The number of sulfonamides is 1. The maximum Gasteiger partial charge on any atom is 0.243 e. The van der Waals surface area contributed by atoms with E-state index in [9.17, 15) is 18.8 Å². The van der Waals surface area contributed by atoms with E-state index >= 15 is 0 Å². The van der Waals surface area contributed by atoms with Crippen molar-refractivity contribution in [2.45, 2.75) is 30.3 Å². The van der Waals surface area contributed by atoms with Crippen LogP contribution in [0.5, 0.6) is 0 Å². The third-order valence-electron chi connectivity index (χ3n) is 6.83. The minimum atomic E-state index is -3.72.